The summed E-state index contributed by atoms with van der Waals surface area (Å²) < 4.78 is 2.25. The summed E-state index contributed by atoms with van der Waals surface area (Å²) in [6.07, 6.45) is 5.14. The van der Waals surface area contributed by atoms with Crippen molar-refractivity contribution >= 4 is 22.8 Å². The average Bonchev–Trinajstić information content (AvgIpc) is 3.15. The largest absolute Gasteiger partial charge is 0.368 e. The second kappa shape index (κ2) is 9.94. The van der Waals surface area contributed by atoms with E-state index in [2.05, 4.69) is 52.6 Å². The standard InChI is InChI=1S/C25H33N5O/c1-20(2)13-15-30-23(27-22-10-7-14-26-25(22)30)11-6-12-24(31)29-18-16-28(17-19-29)21-8-4-3-5-9-21/h3-5,7-10,14,20H,6,11-13,15-19H2,1-2H3. The topological polar surface area (TPSA) is 54.3 Å². The first kappa shape index (κ1) is 21.3. The lowest BCUT2D eigenvalue weighted by atomic mass is 10.1. The molecule has 3 aromatic rings. The highest BCUT2D eigenvalue weighted by atomic mass is 16.2. The van der Waals surface area contributed by atoms with Crippen LogP contribution in [0.5, 0.6) is 0 Å². The number of piperazine rings is 1. The molecule has 1 fully saturated rings. The summed E-state index contributed by atoms with van der Waals surface area (Å²) in [4.78, 5) is 26.5. The number of rotatable bonds is 8. The van der Waals surface area contributed by atoms with E-state index in [0.29, 0.717) is 12.3 Å². The predicted octanol–water partition coefficient (Wildman–Crippen LogP) is 4.15. The van der Waals surface area contributed by atoms with Crippen LogP contribution in [0, 0.1) is 5.92 Å². The Balaban J connectivity index is 1.31. The van der Waals surface area contributed by atoms with Gasteiger partial charge >= 0.3 is 0 Å². The highest BCUT2D eigenvalue weighted by Crippen LogP contribution is 2.19. The number of nitrogens with zero attached hydrogens (tertiary/aromatic N) is 5. The number of aryl methyl sites for hydroxylation is 2. The third-order valence-corrected chi connectivity index (χ3v) is 6.06. The van der Waals surface area contributed by atoms with Gasteiger partial charge in [0.25, 0.3) is 0 Å². The number of carbonyl (C=O) groups is 1. The number of benzene rings is 1. The molecule has 1 saturated heterocycles. The van der Waals surface area contributed by atoms with Gasteiger partial charge in [0.15, 0.2) is 5.65 Å². The van der Waals surface area contributed by atoms with Gasteiger partial charge in [-0.15, -0.1) is 0 Å². The zero-order valence-electron chi connectivity index (χ0n) is 18.7. The SMILES string of the molecule is CC(C)CCn1c(CCCC(=O)N2CCN(c3ccccc3)CC2)nc2cccnc21. The van der Waals surface area contributed by atoms with Gasteiger partial charge in [0.05, 0.1) is 0 Å². The molecular formula is C25H33N5O. The monoisotopic (exact) mass is 419 g/mol. The van der Waals surface area contributed by atoms with E-state index in [0.717, 1.165) is 69.0 Å². The van der Waals surface area contributed by atoms with Crippen LogP contribution < -0.4 is 4.90 Å². The fourth-order valence-electron chi connectivity index (χ4n) is 4.23. The molecule has 2 aromatic heterocycles. The Bertz CT molecular complexity index is 990. The van der Waals surface area contributed by atoms with Crippen molar-refractivity contribution in [3.8, 4) is 0 Å². The normalized spacial score (nSPS) is 14.5. The van der Waals surface area contributed by atoms with E-state index in [9.17, 15) is 4.79 Å². The number of aromatic nitrogens is 3. The molecule has 6 heteroatoms. The molecule has 0 atom stereocenters. The lowest BCUT2D eigenvalue weighted by Gasteiger charge is -2.36. The summed E-state index contributed by atoms with van der Waals surface area (Å²) in [5.41, 5.74) is 3.15. The van der Waals surface area contributed by atoms with Crippen LogP contribution in [-0.2, 0) is 17.8 Å². The van der Waals surface area contributed by atoms with Gasteiger partial charge < -0.3 is 14.4 Å². The lowest BCUT2D eigenvalue weighted by Crippen LogP contribution is -2.48. The number of hydrogen-bond acceptors (Lipinski definition) is 4. The van der Waals surface area contributed by atoms with E-state index in [1.807, 2.05) is 29.3 Å². The summed E-state index contributed by atoms with van der Waals surface area (Å²) in [5.74, 6) is 1.94. The molecule has 0 spiro atoms. The number of para-hydroxylation sites is 1. The molecule has 1 aliphatic rings. The van der Waals surface area contributed by atoms with Crippen LogP contribution in [0.15, 0.2) is 48.7 Å². The van der Waals surface area contributed by atoms with E-state index >= 15 is 0 Å². The molecule has 0 unspecified atom stereocenters. The van der Waals surface area contributed by atoms with Gasteiger partial charge in [0.2, 0.25) is 5.91 Å². The molecule has 0 radical (unpaired) electrons. The maximum absolute atomic E-state index is 12.8. The van der Waals surface area contributed by atoms with Crippen LogP contribution in [0.2, 0.25) is 0 Å². The molecular weight excluding hydrogens is 386 g/mol. The van der Waals surface area contributed by atoms with Gasteiger partial charge in [-0.3, -0.25) is 4.79 Å². The van der Waals surface area contributed by atoms with E-state index in [-0.39, 0.29) is 5.91 Å². The highest BCUT2D eigenvalue weighted by Gasteiger charge is 2.21. The fraction of sp³-hybridized carbons (Fsp3) is 0.480. The van der Waals surface area contributed by atoms with E-state index in [1.165, 1.54) is 5.69 Å². The number of imidazole rings is 1. The van der Waals surface area contributed by atoms with Crippen molar-refractivity contribution in [3.05, 3.63) is 54.5 Å². The first-order valence-corrected chi connectivity index (χ1v) is 11.5. The van der Waals surface area contributed by atoms with E-state index < -0.39 is 0 Å². The Kier molecular flexibility index (Phi) is 6.85. The van der Waals surface area contributed by atoms with Crippen molar-refractivity contribution in [2.24, 2.45) is 5.92 Å². The average molecular weight is 420 g/mol. The van der Waals surface area contributed by atoms with Crippen molar-refractivity contribution < 1.29 is 4.79 Å². The number of anilines is 1. The predicted molar refractivity (Wildman–Crippen MR) is 125 cm³/mol. The molecule has 1 aliphatic heterocycles. The Morgan fingerprint density at radius 2 is 1.81 bits per heavy atom. The molecule has 6 nitrogen and oxygen atoms in total. The summed E-state index contributed by atoms with van der Waals surface area (Å²) in [6.45, 7) is 8.79. The minimum Gasteiger partial charge on any atom is -0.368 e. The molecule has 0 saturated carbocycles. The highest BCUT2D eigenvalue weighted by molar-refractivity contribution is 5.76. The second-order valence-electron chi connectivity index (χ2n) is 8.77. The maximum Gasteiger partial charge on any atom is 0.222 e. The molecule has 0 aliphatic carbocycles. The molecule has 0 N–H and O–H groups in total. The third-order valence-electron chi connectivity index (χ3n) is 6.06. The van der Waals surface area contributed by atoms with Crippen molar-refractivity contribution in [2.75, 3.05) is 31.1 Å². The molecule has 1 amide bonds. The Labute approximate surface area is 184 Å². The van der Waals surface area contributed by atoms with Crippen LogP contribution in [0.25, 0.3) is 11.2 Å². The van der Waals surface area contributed by atoms with E-state index in [1.54, 1.807) is 0 Å². The van der Waals surface area contributed by atoms with Gasteiger partial charge in [-0.2, -0.15) is 0 Å². The number of fused-ring (bicyclic) bond motifs is 1. The second-order valence-corrected chi connectivity index (χ2v) is 8.77. The Morgan fingerprint density at radius 3 is 2.55 bits per heavy atom. The molecule has 3 heterocycles. The van der Waals surface area contributed by atoms with Gasteiger partial charge in [-0.25, -0.2) is 9.97 Å². The first-order chi connectivity index (χ1) is 15.1. The zero-order valence-corrected chi connectivity index (χ0v) is 18.7. The Hall–Kier alpha value is -2.89. The van der Waals surface area contributed by atoms with Crippen LogP contribution in [0.3, 0.4) is 0 Å². The van der Waals surface area contributed by atoms with Crippen molar-refractivity contribution in [1.29, 1.82) is 0 Å². The van der Waals surface area contributed by atoms with Gasteiger partial charge in [0, 0.05) is 57.4 Å². The summed E-state index contributed by atoms with van der Waals surface area (Å²) in [6, 6.07) is 14.4. The molecule has 31 heavy (non-hydrogen) atoms. The fourth-order valence-corrected chi connectivity index (χ4v) is 4.23. The van der Waals surface area contributed by atoms with Crippen LogP contribution in [0.4, 0.5) is 5.69 Å². The summed E-state index contributed by atoms with van der Waals surface area (Å²) in [5, 5.41) is 0. The van der Waals surface area contributed by atoms with Crippen molar-refractivity contribution in [1.82, 2.24) is 19.4 Å². The summed E-state index contributed by atoms with van der Waals surface area (Å²) in [7, 11) is 0. The molecule has 164 valence electrons. The minimum absolute atomic E-state index is 0.260. The first-order valence-electron chi connectivity index (χ1n) is 11.5. The number of carbonyl (C=O) groups excluding carboxylic acids is 1. The van der Waals surface area contributed by atoms with Crippen LogP contribution in [0.1, 0.15) is 38.9 Å². The van der Waals surface area contributed by atoms with E-state index in [4.69, 9.17) is 4.98 Å². The number of pyridine rings is 1. The third kappa shape index (κ3) is 5.24. The van der Waals surface area contributed by atoms with Crippen molar-refractivity contribution in [2.45, 2.75) is 46.1 Å². The minimum atomic E-state index is 0.260. The van der Waals surface area contributed by atoms with Crippen LogP contribution in [-0.4, -0.2) is 51.5 Å². The molecule has 0 bridgehead atoms. The van der Waals surface area contributed by atoms with Crippen molar-refractivity contribution in [3.63, 3.8) is 0 Å². The summed E-state index contributed by atoms with van der Waals surface area (Å²) >= 11 is 0. The number of hydrogen-bond donors (Lipinski definition) is 0. The Morgan fingerprint density at radius 1 is 1.03 bits per heavy atom. The zero-order chi connectivity index (χ0) is 21.6. The van der Waals surface area contributed by atoms with Gasteiger partial charge in [-0.05, 0) is 43.0 Å². The molecule has 1 aromatic carbocycles. The van der Waals surface area contributed by atoms with Gasteiger partial charge in [0.1, 0.15) is 11.3 Å². The molecule has 4 rings (SSSR count). The lowest BCUT2D eigenvalue weighted by molar-refractivity contribution is -0.131. The maximum atomic E-state index is 12.8. The smallest absolute Gasteiger partial charge is 0.222 e. The van der Waals surface area contributed by atoms with Gasteiger partial charge in [-0.1, -0.05) is 32.0 Å². The quantitative estimate of drug-likeness (QED) is 0.550. The number of amides is 1. The van der Waals surface area contributed by atoms with Crippen LogP contribution >= 0.6 is 0 Å².